The van der Waals surface area contributed by atoms with E-state index in [9.17, 15) is 0 Å². The zero-order chi connectivity index (χ0) is 17.6. The van der Waals surface area contributed by atoms with Gasteiger partial charge in [-0.25, -0.2) is 9.97 Å². The van der Waals surface area contributed by atoms with Crippen LogP contribution in [-0.2, 0) is 14.1 Å². The van der Waals surface area contributed by atoms with Crippen LogP contribution in [0.25, 0.3) is 22.2 Å². The Balaban J connectivity index is 1.71. The summed E-state index contributed by atoms with van der Waals surface area (Å²) in [7, 11) is 5.96. The summed E-state index contributed by atoms with van der Waals surface area (Å²) >= 11 is 0. The highest BCUT2D eigenvalue weighted by Gasteiger charge is 2.12. The van der Waals surface area contributed by atoms with Crippen LogP contribution in [0, 0.1) is 6.92 Å². The summed E-state index contributed by atoms with van der Waals surface area (Å²) in [4.78, 5) is 11.0. The van der Waals surface area contributed by atoms with Crippen molar-refractivity contribution in [3.63, 3.8) is 0 Å². The number of fused-ring (bicyclic) bond motifs is 1. The molecule has 0 fully saturated rings. The van der Waals surface area contributed by atoms with Gasteiger partial charge < -0.3 is 9.47 Å². The van der Waals surface area contributed by atoms with Gasteiger partial charge >= 0.3 is 0 Å². The molecular weight excluding hydrogens is 312 g/mol. The molecule has 4 rings (SSSR count). The fraction of sp³-hybridized carbons (Fsp3) is 0.211. The normalized spacial score (nSPS) is 11.2. The third-order valence-electron chi connectivity index (χ3n) is 4.54. The largest absolute Gasteiger partial charge is 0.334 e. The van der Waals surface area contributed by atoms with Crippen LogP contribution in [0.5, 0.6) is 0 Å². The smallest absolute Gasteiger partial charge is 0.134 e. The maximum Gasteiger partial charge on any atom is 0.134 e. The van der Waals surface area contributed by atoms with Gasteiger partial charge in [-0.15, -0.1) is 0 Å². The number of rotatable bonds is 3. The molecule has 3 heterocycles. The summed E-state index contributed by atoms with van der Waals surface area (Å²) in [6.07, 6.45) is 7.54. The number of pyridine rings is 1. The van der Waals surface area contributed by atoms with E-state index in [1.807, 2.05) is 55.3 Å². The van der Waals surface area contributed by atoms with Gasteiger partial charge in [0.05, 0.1) is 24.2 Å². The first-order valence-electron chi connectivity index (χ1n) is 8.13. The molecule has 0 aliphatic carbocycles. The molecule has 0 spiro atoms. The Morgan fingerprint density at radius 1 is 1.00 bits per heavy atom. The Morgan fingerprint density at radius 2 is 1.84 bits per heavy atom. The van der Waals surface area contributed by atoms with E-state index in [0.29, 0.717) is 0 Å². The summed E-state index contributed by atoms with van der Waals surface area (Å²) in [5.74, 6) is 0.897. The standard InChI is InChI=1S/C19H20N6/c1-13-7-14(15-9-22-24(3)11-15)5-6-17(13)25(4)19-8-18-16(10-20-19)21-12-23(18)2/h5-12H,1-4H3. The van der Waals surface area contributed by atoms with E-state index >= 15 is 0 Å². The SMILES string of the molecule is Cc1cc(-c2cnn(C)c2)ccc1N(C)c1cc2c(cn1)ncn2C. The van der Waals surface area contributed by atoms with Crippen LogP contribution in [0.2, 0.25) is 0 Å². The van der Waals surface area contributed by atoms with Crippen LogP contribution in [-0.4, -0.2) is 31.4 Å². The fourth-order valence-corrected chi connectivity index (χ4v) is 3.11. The molecule has 0 bridgehead atoms. The lowest BCUT2D eigenvalue weighted by atomic mass is 10.0. The Labute approximate surface area is 146 Å². The zero-order valence-corrected chi connectivity index (χ0v) is 14.8. The monoisotopic (exact) mass is 332 g/mol. The number of hydrogen-bond donors (Lipinski definition) is 0. The lowest BCUT2D eigenvalue weighted by Gasteiger charge is -2.21. The van der Waals surface area contributed by atoms with E-state index in [1.165, 1.54) is 5.56 Å². The average molecular weight is 332 g/mol. The third kappa shape index (κ3) is 2.65. The van der Waals surface area contributed by atoms with E-state index in [2.05, 4.69) is 51.2 Å². The molecule has 4 aromatic rings. The molecule has 0 saturated heterocycles. The van der Waals surface area contributed by atoms with Crippen molar-refractivity contribution in [3.8, 4) is 11.1 Å². The predicted octanol–water partition coefficient (Wildman–Crippen LogP) is 3.45. The molecule has 3 aromatic heterocycles. The maximum atomic E-state index is 4.56. The van der Waals surface area contributed by atoms with Gasteiger partial charge in [-0.1, -0.05) is 6.07 Å². The molecule has 6 heteroatoms. The first-order chi connectivity index (χ1) is 12.0. The Hall–Kier alpha value is -3.15. The van der Waals surface area contributed by atoms with Crippen molar-refractivity contribution in [1.82, 2.24) is 24.3 Å². The molecule has 25 heavy (non-hydrogen) atoms. The molecule has 0 atom stereocenters. The van der Waals surface area contributed by atoms with E-state index in [-0.39, 0.29) is 0 Å². The molecule has 0 amide bonds. The minimum Gasteiger partial charge on any atom is -0.334 e. The summed E-state index contributed by atoms with van der Waals surface area (Å²) in [6, 6.07) is 8.51. The van der Waals surface area contributed by atoms with E-state index in [4.69, 9.17) is 0 Å². The number of aryl methyl sites for hydroxylation is 3. The topological polar surface area (TPSA) is 51.8 Å². The molecule has 1 aromatic carbocycles. The Morgan fingerprint density at radius 3 is 2.56 bits per heavy atom. The molecule has 0 aliphatic heterocycles. The summed E-state index contributed by atoms with van der Waals surface area (Å²) in [5.41, 5.74) is 6.58. The van der Waals surface area contributed by atoms with E-state index < -0.39 is 0 Å². The van der Waals surface area contributed by atoms with Crippen LogP contribution in [0.15, 0.2) is 49.2 Å². The average Bonchev–Trinajstić information content (AvgIpc) is 3.20. The quantitative estimate of drug-likeness (QED) is 0.577. The highest BCUT2D eigenvalue weighted by atomic mass is 15.2. The molecule has 0 N–H and O–H groups in total. The van der Waals surface area contributed by atoms with Gasteiger partial charge in [-0.3, -0.25) is 4.68 Å². The number of hydrogen-bond acceptors (Lipinski definition) is 4. The van der Waals surface area contributed by atoms with Gasteiger partial charge in [0.25, 0.3) is 0 Å². The van der Waals surface area contributed by atoms with Crippen molar-refractivity contribution >= 4 is 22.5 Å². The van der Waals surface area contributed by atoms with Crippen molar-refractivity contribution in [1.29, 1.82) is 0 Å². The summed E-state index contributed by atoms with van der Waals surface area (Å²) in [5, 5.41) is 4.25. The van der Waals surface area contributed by atoms with Crippen molar-refractivity contribution in [3.05, 3.63) is 54.7 Å². The fourth-order valence-electron chi connectivity index (χ4n) is 3.11. The highest BCUT2D eigenvalue weighted by Crippen LogP contribution is 2.30. The summed E-state index contributed by atoms with van der Waals surface area (Å²) < 4.78 is 3.82. The molecule has 0 aliphatic rings. The van der Waals surface area contributed by atoms with Crippen molar-refractivity contribution in [2.45, 2.75) is 6.92 Å². The Kier molecular flexibility index (Phi) is 3.53. The number of aromatic nitrogens is 5. The van der Waals surface area contributed by atoms with Crippen LogP contribution in [0.3, 0.4) is 0 Å². The van der Waals surface area contributed by atoms with E-state index in [1.54, 1.807) is 0 Å². The maximum absolute atomic E-state index is 4.56. The van der Waals surface area contributed by atoms with Gasteiger partial charge in [0.2, 0.25) is 0 Å². The second-order valence-corrected chi connectivity index (χ2v) is 6.35. The van der Waals surface area contributed by atoms with E-state index in [0.717, 1.165) is 33.7 Å². The minimum absolute atomic E-state index is 0.897. The van der Waals surface area contributed by atoms with Gasteiger partial charge in [0, 0.05) is 44.7 Å². The van der Waals surface area contributed by atoms with Crippen LogP contribution >= 0.6 is 0 Å². The Bertz CT molecular complexity index is 1060. The van der Waals surface area contributed by atoms with Crippen molar-refractivity contribution in [2.75, 3.05) is 11.9 Å². The summed E-state index contributed by atoms with van der Waals surface area (Å²) in [6.45, 7) is 2.12. The molecule has 126 valence electrons. The van der Waals surface area contributed by atoms with Gasteiger partial charge in [0.15, 0.2) is 0 Å². The first kappa shape index (κ1) is 15.4. The minimum atomic E-state index is 0.897. The molecule has 0 radical (unpaired) electrons. The first-order valence-corrected chi connectivity index (χ1v) is 8.13. The lowest BCUT2D eigenvalue weighted by Crippen LogP contribution is -2.12. The highest BCUT2D eigenvalue weighted by molar-refractivity contribution is 5.79. The molecule has 0 unspecified atom stereocenters. The number of benzene rings is 1. The van der Waals surface area contributed by atoms with Gasteiger partial charge in [-0.2, -0.15) is 5.10 Å². The van der Waals surface area contributed by atoms with Crippen molar-refractivity contribution < 1.29 is 0 Å². The lowest BCUT2D eigenvalue weighted by molar-refractivity contribution is 0.768. The van der Waals surface area contributed by atoms with Gasteiger partial charge in [0.1, 0.15) is 11.3 Å². The second kappa shape index (κ2) is 5.73. The molecule has 0 saturated carbocycles. The number of nitrogens with zero attached hydrogens (tertiary/aromatic N) is 6. The van der Waals surface area contributed by atoms with Gasteiger partial charge in [-0.05, 0) is 30.2 Å². The molecule has 6 nitrogen and oxygen atoms in total. The number of anilines is 2. The molecular formula is C19H20N6. The second-order valence-electron chi connectivity index (χ2n) is 6.35. The van der Waals surface area contributed by atoms with Crippen LogP contribution < -0.4 is 4.90 Å². The zero-order valence-electron chi connectivity index (χ0n) is 14.8. The van der Waals surface area contributed by atoms with Crippen LogP contribution in [0.4, 0.5) is 11.5 Å². The number of imidazole rings is 1. The third-order valence-corrected chi connectivity index (χ3v) is 4.54. The predicted molar refractivity (Wildman–Crippen MR) is 100.0 cm³/mol. The van der Waals surface area contributed by atoms with Crippen LogP contribution in [0.1, 0.15) is 5.56 Å². The van der Waals surface area contributed by atoms with Crippen molar-refractivity contribution in [2.24, 2.45) is 14.1 Å².